The molecule has 1 amide bonds. The second-order valence-corrected chi connectivity index (χ2v) is 7.35. The van der Waals surface area contributed by atoms with Crippen LogP contribution < -0.4 is 5.43 Å². The fourth-order valence-corrected chi connectivity index (χ4v) is 2.49. The van der Waals surface area contributed by atoms with Crippen LogP contribution in [-0.4, -0.2) is 17.0 Å². The van der Waals surface area contributed by atoms with Crippen molar-refractivity contribution in [3.05, 3.63) is 73.7 Å². The molecule has 0 bridgehead atoms. The summed E-state index contributed by atoms with van der Waals surface area (Å²) in [4.78, 5) is 22.5. The van der Waals surface area contributed by atoms with E-state index in [2.05, 4.69) is 47.2 Å². The van der Waals surface area contributed by atoms with E-state index in [1.54, 1.807) is 24.3 Å². The fourth-order valence-electron chi connectivity index (χ4n) is 2.10. The van der Waals surface area contributed by atoms with Crippen LogP contribution in [0, 0.1) is 10.1 Å². The van der Waals surface area contributed by atoms with Crippen molar-refractivity contribution in [2.45, 2.75) is 26.2 Å². The Morgan fingerprint density at radius 2 is 1.84 bits per heavy atom. The minimum Gasteiger partial charge on any atom is -0.267 e. The molecule has 0 aliphatic rings. The topological polar surface area (TPSA) is 84.6 Å². The Hall–Kier alpha value is -2.54. The first kappa shape index (κ1) is 18.8. The van der Waals surface area contributed by atoms with Crippen LogP contribution in [0.15, 0.2) is 52.0 Å². The number of carbonyl (C=O) groups excluding carboxylic acids is 1. The van der Waals surface area contributed by atoms with E-state index in [4.69, 9.17) is 0 Å². The molecular formula is C18H18BrN3O3. The second kappa shape index (κ2) is 7.57. The lowest BCUT2D eigenvalue weighted by Gasteiger charge is -2.18. The van der Waals surface area contributed by atoms with Crippen LogP contribution in [0.25, 0.3) is 0 Å². The summed E-state index contributed by atoms with van der Waals surface area (Å²) < 4.78 is 0.387. The van der Waals surface area contributed by atoms with Gasteiger partial charge in [0.1, 0.15) is 0 Å². The summed E-state index contributed by atoms with van der Waals surface area (Å²) >= 11 is 3.12. The van der Waals surface area contributed by atoms with Crippen molar-refractivity contribution in [1.29, 1.82) is 0 Å². The van der Waals surface area contributed by atoms with Crippen LogP contribution in [0.2, 0.25) is 0 Å². The zero-order valence-corrected chi connectivity index (χ0v) is 15.7. The van der Waals surface area contributed by atoms with E-state index in [0.717, 1.165) is 5.56 Å². The van der Waals surface area contributed by atoms with Gasteiger partial charge in [-0.05, 0) is 45.1 Å². The summed E-state index contributed by atoms with van der Waals surface area (Å²) in [5.74, 6) is -0.344. The molecule has 7 heteroatoms. The van der Waals surface area contributed by atoms with Crippen LogP contribution in [-0.2, 0) is 5.41 Å². The highest BCUT2D eigenvalue weighted by atomic mass is 79.9. The normalized spacial score (nSPS) is 11.5. The smallest absolute Gasteiger partial charge is 0.267 e. The molecule has 0 saturated heterocycles. The Morgan fingerprint density at radius 1 is 1.20 bits per heavy atom. The number of nitro groups is 1. The molecule has 2 rings (SSSR count). The number of nitrogens with zero attached hydrogens (tertiary/aromatic N) is 2. The first-order valence-electron chi connectivity index (χ1n) is 7.56. The predicted octanol–water partition coefficient (Wildman–Crippen LogP) is 4.42. The number of hydrogen-bond acceptors (Lipinski definition) is 4. The van der Waals surface area contributed by atoms with Gasteiger partial charge in [-0.25, -0.2) is 5.43 Å². The predicted molar refractivity (Wildman–Crippen MR) is 101 cm³/mol. The van der Waals surface area contributed by atoms with Gasteiger partial charge in [0.25, 0.3) is 11.6 Å². The van der Waals surface area contributed by atoms with Gasteiger partial charge in [-0.1, -0.05) is 39.0 Å². The number of benzene rings is 2. The maximum absolute atomic E-state index is 12.1. The average molecular weight is 404 g/mol. The molecule has 1 N–H and O–H groups in total. The van der Waals surface area contributed by atoms with Crippen molar-refractivity contribution in [2.75, 3.05) is 0 Å². The van der Waals surface area contributed by atoms with Crippen molar-refractivity contribution < 1.29 is 9.72 Å². The number of hydrogen-bond donors (Lipinski definition) is 1. The molecule has 0 aromatic heterocycles. The van der Waals surface area contributed by atoms with Gasteiger partial charge < -0.3 is 0 Å². The highest BCUT2D eigenvalue weighted by molar-refractivity contribution is 9.10. The summed E-state index contributed by atoms with van der Waals surface area (Å²) in [5, 5.41) is 14.8. The van der Waals surface area contributed by atoms with E-state index in [0.29, 0.717) is 15.6 Å². The SMILES string of the molecule is CC(C)(C)c1ccc(C(=O)NN=Cc2ccc(Br)c([N+](=O)[O-])c2)cc1. The van der Waals surface area contributed by atoms with Gasteiger partial charge in [-0.15, -0.1) is 0 Å². The van der Waals surface area contributed by atoms with Crippen LogP contribution in [0.5, 0.6) is 0 Å². The largest absolute Gasteiger partial charge is 0.284 e. The fraction of sp³-hybridized carbons (Fsp3) is 0.222. The molecule has 130 valence electrons. The van der Waals surface area contributed by atoms with E-state index in [-0.39, 0.29) is 17.0 Å². The van der Waals surface area contributed by atoms with E-state index in [1.165, 1.54) is 12.3 Å². The van der Waals surface area contributed by atoms with Gasteiger partial charge in [0.05, 0.1) is 15.6 Å². The van der Waals surface area contributed by atoms with Crippen molar-refractivity contribution in [2.24, 2.45) is 5.10 Å². The summed E-state index contributed by atoms with van der Waals surface area (Å²) in [6.07, 6.45) is 1.36. The quantitative estimate of drug-likeness (QED) is 0.465. The summed E-state index contributed by atoms with van der Waals surface area (Å²) in [6, 6.07) is 11.9. The van der Waals surface area contributed by atoms with Crippen LogP contribution in [0.4, 0.5) is 5.69 Å². The minimum absolute atomic E-state index is 0.0173. The molecule has 0 aliphatic heterocycles. The van der Waals surface area contributed by atoms with Gasteiger partial charge in [-0.3, -0.25) is 14.9 Å². The molecular weight excluding hydrogens is 386 g/mol. The Kier molecular flexibility index (Phi) is 5.69. The highest BCUT2D eigenvalue weighted by Crippen LogP contribution is 2.25. The second-order valence-electron chi connectivity index (χ2n) is 6.49. The number of nitro benzene ring substituents is 1. The van der Waals surface area contributed by atoms with Crippen LogP contribution >= 0.6 is 15.9 Å². The minimum atomic E-state index is -0.489. The molecule has 0 saturated carbocycles. The van der Waals surface area contributed by atoms with E-state index in [1.807, 2.05) is 12.1 Å². The third-order valence-corrected chi connectivity index (χ3v) is 4.23. The van der Waals surface area contributed by atoms with E-state index >= 15 is 0 Å². The number of amides is 1. The van der Waals surface area contributed by atoms with Gasteiger partial charge in [0.15, 0.2) is 0 Å². The number of nitrogens with one attached hydrogen (secondary N) is 1. The van der Waals surface area contributed by atoms with Gasteiger partial charge >= 0.3 is 0 Å². The summed E-state index contributed by atoms with van der Waals surface area (Å²) in [7, 11) is 0. The van der Waals surface area contributed by atoms with E-state index in [9.17, 15) is 14.9 Å². The molecule has 6 nitrogen and oxygen atoms in total. The maximum Gasteiger partial charge on any atom is 0.284 e. The van der Waals surface area contributed by atoms with Crippen LogP contribution in [0.3, 0.4) is 0 Å². The molecule has 0 fully saturated rings. The monoisotopic (exact) mass is 403 g/mol. The summed E-state index contributed by atoms with van der Waals surface area (Å²) in [6.45, 7) is 6.30. The van der Waals surface area contributed by atoms with Crippen molar-refractivity contribution >= 4 is 33.7 Å². The number of halogens is 1. The summed E-state index contributed by atoms with van der Waals surface area (Å²) in [5.41, 5.74) is 4.51. The standard InChI is InChI=1S/C18H18BrN3O3/c1-18(2,3)14-7-5-13(6-8-14)17(23)21-20-11-12-4-9-15(19)16(10-12)22(24)25/h4-11H,1-3H3,(H,21,23). The average Bonchev–Trinajstić information content (AvgIpc) is 2.55. The molecule has 0 aliphatic carbocycles. The Bertz CT molecular complexity index is 824. The van der Waals surface area contributed by atoms with Crippen LogP contribution in [0.1, 0.15) is 42.3 Å². The van der Waals surface area contributed by atoms with Gasteiger partial charge in [-0.2, -0.15) is 5.10 Å². The zero-order valence-electron chi connectivity index (χ0n) is 14.1. The lowest BCUT2D eigenvalue weighted by Crippen LogP contribution is -2.18. The van der Waals surface area contributed by atoms with Crippen molar-refractivity contribution in [3.8, 4) is 0 Å². The molecule has 0 radical (unpaired) electrons. The first-order valence-corrected chi connectivity index (χ1v) is 8.35. The maximum atomic E-state index is 12.1. The number of hydrazone groups is 1. The highest BCUT2D eigenvalue weighted by Gasteiger charge is 2.14. The first-order chi connectivity index (χ1) is 11.7. The molecule has 2 aromatic carbocycles. The lowest BCUT2D eigenvalue weighted by molar-refractivity contribution is -0.385. The molecule has 0 spiro atoms. The molecule has 2 aromatic rings. The Morgan fingerprint density at radius 3 is 2.40 bits per heavy atom. The Labute approximate surface area is 154 Å². The van der Waals surface area contributed by atoms with Gasteiger partial charge in [0.2, 0.25) is 0 Å². The van der Waals surface area contributed by atoms with E-state index < -0.39 is 4.92 Å². The lowest BCUT2D eigenvalue weighted by atomic mass is 9.87. The van der Waals surface area contributed by atoms with Crippen molar-refractivity contribution in [3.63, 3.8) is 0 Å². The Balaban J connectivity index is 2.06. The molecule has 0 heterocycles. The molecule has 0 unspecified atom stereocenters. The molecule has 0 atom stereocenters. The van der Waals surface area contributed by atoms with Gasteiger partial charge in [0, 0.05) is 17.2 Å². The van der Waals surface area contributed by atoms with Crippen molar-refractivity contribution in [1.82, 2.24) is 5.43 Å². The number of carbonyl (C=O) groups is 1. The third kappa shape index (κ3) is 4.96. The molecule has 25 heavy (non-hydrogen) atoms. The number of rotatable bonds is 4. The zero-order chi connectivity index (χ0) is 18.6. The third-order valence-electron chi connectivity index (χ3n) is 3.56.